The Morgan fingerprint density at radius 1 is 1.23 bits per heavy atom. The lowest BCUT2D eigenvalue weighted by atomic mass is 10.1. The number of unbranched alkanes of at least 4 members (excludes halogenated alkanes) is 1. The van der Waals surface area contributed by atoms with Crippen LogP contribution in [-0.4, -0.2) is 32.2 Å². The molecule has 9 nitrogen and oxygen atoms in total. The number of carbonyl (C=O) groups excluding carboxylic acids is 1. The minimum absolute atomic E-state index is 0.0852. The van der Waals surface area contributed by atoms with E-state index in [4.69, 9.17) is 26.5 Å². The molecule has 0 aliphatic heterocycles. The summed E-state index contributed by atoms with van der Waals surface area (Å²) in [4.78, 5) is 24.2. The first-order chi connectivity index (χ1) is 15.1. The van der Waals surface area contributed by atoms with Crippen LogP contribution in [0.1, 0.15) is 18.4 Å². The summed E-state index contributed by atoms with van der Waals surface area (Å²) in [7, 11) is 0. The highest BCUT2D eigenvalue weighted by atomic mass is 35.5. The van der Waals surface area contributed by atoms with Gasteiger partial charge in [0.15, 0.2) is 11.5 Å². The Hall–Kier alpha value is -3.59. The van der Waals surface area contributed by atoms with E-state index in [2.05, 4.69) is 20.3 Å². The highest BCUT2D eigenvalue weighted by molar-refractivity contribution is 6.28. The van der Waals surface area contributed by atoms with E-state index in [1.165, 1.54) is 0 Å². The van der Waals surface area contributed by atoms with Gasteiger partial charge in [-0.1, -0.05) is 18.2 Å². The third-order valence-corrected chi connectivity index (χ3v) is 4.88. The van der Waals surface area contributed by atoms with Crippen LogP contribution in [0.3, 0.4) is 0 Å². The second-order valence-electron chi connectivity index (χ2n) is 6.90. The third kappa shape index (κ3) is 5.13. The summed E-state index contributed by atoms with van der Waals surface area (Å²) in [5, 5.41) is 2.85. The van der Waals surface area contributed by atoms with E-state index < -0.39 is 6.09 Å². The lowest BCUT2D eigenvalue weighted by molar-refractivity contribution is 0.143. The summed E-state index contributed by atoms with van der Waals surface area (Å²) in [6, 6.07) is 9.77. The van der Waals surface area contributed by atoms with E-state index in [0.29, 0.717) is 37.3 Å². The van der Waals surface area contributed by atoms with Crippen molar-refractivity contribution in [3.8, 4) is 11.1 Å². The van der Waals surface area contributed by atoms with E-state index in [9.17, 15) is 4.79 Å². The van der Waals surface area contributed by atoms with Crippen LogP contribution in [0.25, 0.3) is 22.3 Å². The zero-order valence-electron chi connectivity index (χ0n) is 16.6. The van der Waals surface area contributed by atoms with Gasteiger partial charge in [-0.2, -0.15) is 9.97 Å². The molecule has 0 saturated heterocycles. The molecule has 0 saturated carbocycles. The van der Waals surface area contributed by atoms with Crippen molar-refractivity contribution in [3.63, 3.8) is 0 Å². The molecule has 3 aromatic heterocycles. The van der Waals surface area contributed by atoms with Crippen molar-refractivity contribution in [3.05, 3.63) is 60.0 Å². The second-order valence-corrected chi connectivity index (χ2v) is 7.24. The van der Waals surface area contributed by atoms with Crippen LogP contribution < -0.4 is 11.1 Å². The monoisotopic (exact) mass is 440 g/mol. The van der Waals surface area contributed by atoms with Crippen molar-refractivity contribution in [2.45, 2.75) is 25.9 Å². The number of anilines is 1. The number of rotatable bonds is 8. The van der Waals surface area contributed by atoms with Gasteiger partial charge in [-0.15, -0.1) is 0 Å². The van der Waals surface area contributed by atoms with Crippen molar-refractivity contribution < 1.29 is 13.9 Å². The number of hydrogen-bond acceptors (Lipinski definition) is 7. The highest BCUT2D eigenvalue weighted by Gasteiger charge is 2.10. The Bertz CT molecular complexity index is 1180. The van der Waals surface area contributed by atoms with E-state index in [1.807, 2.05) is 34.9 Å². The van der Waals surface area contributed by atoms with Crippen molar-refractivity contribution >= 4 is 34.7 Å². The minimum Gasteiger partial charge on any atom is -0.472 e. The molecule has 31 heavy (non-hydrogen) atoms. The number of aromatic nitrogens is 4. The van der Waals surface area contributed by atoms with Gasteiger partial charge in [-0.25, -0.2) is 9.78 Å². The molecule has 1 amide bonds. The maximum absolute atomic E-state index is 12.0. The quantitative estimate of drug-likeness (QED) is 0.313. The molecule has 4 rings (SSSR count). The van der Waals surface area contributed by atoms with Crippen LogP contribution in [0.15, 0.2) is 53.6 Å². The molecule has 10 heteroatoms. The minimum atomic E-state index is -0.450. The second kappa shape index (κ2) is 9.48. The van der Waals surface area contributed by atoms with Gasteiger partial charge in [0.1, 0.15) is 5.52 Å². The summed E-state index contributed by atoms with van der Waals surface area (Å²) in [5.74, 6) is 0.254. The number of halogens is 1. The van der Waals surface area contributed by atoms with Gasteiger partial charge < -0.3 is 24.8 Å². The maximum atomic E-state index is 12.0. The van der Waals surface area contributed by atoms with Crippen LogP contribution in [0.2, 0.25) is 5.28 Å². The molecule has 0 bridgehead atoms. The topological polar surface area (TPSA) is 121 Å². The average Bonchev–Trinajstić information content (AvgIpc) is 3.43. The van der Waals surface area contributed by atoms with Crippen LogP contribution in [0, 0.1) is 0 Å². The molecular formula is C21H21ClN6O3. The van der Waals surface area contributed by atoms with Gasteiger partial charge >= 0.3 is 6.09 Å². The molecule has 0 radical (unpaired) electrons. The molecule has 0 atom stereocenters. The SMILES string of the molecule is Nc1nc(Cl)nc2c1ncn2CCCCOC(=O)NCc1cccc(-c2ccoc2)c1. The molecule has 0 fully saturated rings. The zero-order valence-corrected chi connectivity index (χ0v) is 17.4. The number of amides is 1. The largest absolute Gasteiger partial charge is 0.472 e. The number of fused-ring (bicyclic) bond motifs is 1. The number of aryl methyl sites for hydroxylation is 1. The first kappa shape index (κ1) is 20.7. The number of nitrogen functional groups attached to an aromatic ring is 1. The summed E-state index contributed by atoms with van der Waals surface area (Å²) >= 11 is 5.87. The Morgan fingerprint density at radius 3 is 2.97 bits per heavy atom. The normalized spacial score (nSPS) is 11.0. The van der Waals surface area contributed by atoms with E-state index in [0.717, 1.165) is 23.1 Å². The number of furan rings is 1. The fourth-order valence-electron chi connectivity index (χ4n) is 3.17. The van der Waals surface area contributed by atoms with E-state index in [-0.39, 0.29) is 11.1 Å². The number of nitrogens with two attached hydrogens (primary N) is 1. The molecule has 0 aliphatic carbocycles. The first-order valence-corrected chi connectivity index (χ1v) is 10.1. The first-order valence-electron chi connectivity index (χ1n) is 9.76. The third-order valence-electron chi connectivity index (χ3n) is 4.71. The number of carbonyl (C=O) groups is 1. The van der Waals surface area contributed by atoms with Crippen LogP contribution >= 0.6 is 11.6 Å². The molecule has 0 unspecified atom stereocenters. The average molecular weight is 441 g/mol. The summed E-state index contributed by atoms with van der Waals surface area (Å²) in [5.41, 5.74) is 9.92. The smallest absolute Gasteiger partial charge is 0.407 e. The van der Waals surface area contributed by atoms with Gasteiger partial charge in [-0.3, -0.25) is 0 Å². The fourth-order valence-corrected chi connectivity index (χ4v) is 3.34. The Balaban J connectivity index is 1.19. The van der Waals surface area contributed by atoms with Crippen LogP contribution in [0.5, 0.6) is 0 Å². The molecule has 0 spiro atoms. The number of nitrogens with one attached hydrogen (secondary N) is 1. The molecule has 1 aromatic carbocycles. The maximum Gasteiger partial charge on any atom is 0.407 e. The Labute approximate surface area is 183 Å². The predicted octanol–water partition coefficient (Wildman–Crippen LogP) is 4.03. The Morgan fingerprint density at radius 2 is 2.13 bits per heavy atom. The number of benzene rings is 1. The van der Waals surface area contributed by atoms with Gasteiger partial charge in [-0.05, 0) is 47.7 Å². The van der Waals surface area contributed by atoms with Gasteiger partial charge in [0, 0.05) is 18.7 Å². The number of alkyl carbamates (subject to hydrolysis) is 1. The van der Waals surface area contributed by atoms with Crippen molar-refractivity contribution in [1.29, 1.82) is 0 Å². The van der Waals surface area contributed by atoms with Crippen molar-refractivity contribution in [2.24, 2.45) is 0 Å². The number of nitrogens with zero attached hydrogens (tertiary/aromatic N) is 4. The molecule has 0 aliphatic rings. The number of hydrogen-bond donors (Lipinski definition) is 2. The molecule has 3 N–H and O–H groups in total. The van der Waals surface area contributed by atoms with Crippen LogP contribution in [-0.2, 0) is 17.8 Å². The standard InChI is InChI=1S/C21H21ClN6O3/c22-20-26-18(23)17-19(27-20)28(13-25-17)7-1-2-8-31-21(29)24-11-14-4-3-5-15(10-14)16-6-9-30-12-16/h3-6,9-10,12-13H,1-2,7-8,11H2,(H,24,29)(H2,23,26,27). The molecule has 3 heterocycles. The van der Waals surface area contributed by atoms with Gasteiger partial charge in [0.05, 0.1) is 25.5 Å². The molecule has 160 valence electrons. The summed E-state index contributed by atoms with van der Waals surface area (Å²) < 4.78 is 12.2. The van der Waals surface area contributed by atoms with Gasteiger partial charge in [0.25, 0.3) is 0 Å². The number of ether oxygens (including phenoxy) is 1. The van der Waals surface area contributed by atoms with Crippen LogP contribution in [0.4, 0.5) is 10.6 Å². The van der Waals surface area contributed by atoms with Crippen molar-refractivity contribution in [1.82, 2.24) is 24.8 Å². The molecular weight excluding hydrogens is 420 g/mol. The predicted molar refractivity (Wildman–Crippen MR) is 116 cm³/mol. The lowest BCUT2D eigenvalue weighted by Crippen LogP contribution is -2.24. The zero-order chi connectivity index (χ0) is 21.6. The van der Waals surface area contributed by atoms with Crippen molar-refractivity contribution in [2.75, 3.05) is 12.3 Å². The fraction of sp³-hybridized carbons (Fsp3) is 0.238. The number of imidazole rings is 1. The molecule has 4 aromatic rings. The van der Waals surface area contributed by atoms with Gasteiger partial charge in [0.2, 0.25) is 5.28 Å². The Kier molecular flexibility index (Phi) is 6.32. The summed E-state index contributed by atoms with van der Waals surface area (Å²) in [6.07, 6.45) is 5.98. The van der Waals surface area contributed by atoms with E-state index in [1.54, 1.807) is 18.9 Å². The lowest BCUT2D eigenvalue weighted by Gasteiger charge is -2.08. The van der Waals surface area contributed by atoms with E-state index >= 15 is 0 Å². The summed E-state index contributed by atoms with van der Waals surface area (Å²) in [6.45, 7) is 1.34. The highest BCUT2D eigenvalue weighted by Crippen LogP contribution is 2.21.